The average Bonchev–Trinajstić information content (AvgIpc) is 2.33. The highest BCUT2D eigenvalue weighted by Crippen LogP contribution is 2.34. The van der Waals surface area contributed by atoms with Crippen LogP contribution in [0.4, 0.5) is 0 Å². The summed E-state index contributed by atoms with van der Waals surface area (Å²) in [6.07, 6.45) is 0.250. The van der Waals surface area contributed by atoms with Gasteiger partial charge in [0, 0.05) is 6.42 Å². The highest BCUT2D eigenvalue weighted by molar-refractivity contribution is 5.75. The Morgan fingerprint density at radius 3 is 2.40 bits per heavy atom. The Labute approximate surface area is 120 Å². The summed E-state index contributed by atoms with van der Waals surface area (Å²) < 4.78 is 5.68. The van der Waals surface area contributed by atoms with Crippen LogP contribution >= 0.6 is 0 Å². The Bertz CT molecular complexity index is 489. The maximum Gasteiger partial charge on any atom is 0.311 e. The average molecular weight is 280 g/mol. The molecule has 0 aliphatic heterocycles. The molecule has 4 heteroatoms. The van der Waals surface area contributed by atoms with Crippen molar-refractivity contribution in [3.05, 3.63) is 29.3 Å². The summed E-state index contributed by atoms with van der Waals surface area (Å²) in [7, 11) is 0. The quantitative estimate of drug-likeness (QED) is 0.840. The van der Waals surface area contributed by atoms with Crippen LogP contribution in [0.3, 0.4) is 0 Å². The minimum Gasteiger partial charge on any atom is -0.493 e. The van der Waals surface area contributed by atoms with Crippen molar-refractivity contribution in [3.63, 3.8) is 0 Å². The van der Waals surface area contributed by atoms with Gasteiger partial charge in [-0.2, -0.15) is 0 Å². The van der Waals surface area contributed by atoms with Crippen molar-refractivity contribution in [1.29, 1.82) is 0 Å². The highest BCUT2D eigenvalue weighted by atomic mass is 16.5. The summed E-state index contributed by atoms with van der Waals surface area (Å²) in [6.45, 7) is 8.78. The van der Waals surface area contributed by atoms with Gasteiger partial charge in [0.15, 0.2) is 0 Å². The van der Waals surface area contributed by atoms with E-state index in [1.807, 2.05) is 32.0 Å². The molecule has 0 aliphatic rings. The molecule has 112 valence electrons. The Morgan fingerprint density at radius 1 is 1.25 bits per heavy atom. The fourth-order valence-electron chi connectivity index (χ4n) is 1.77. The third-order valence-corrected chi connectivity index (χ3v) is 4.07. The smallest absolute Gasteiger partial charge is 0.311 e. The molecular formula is C16H24O4. The van der Waals surface area contributed by atoms with E-state index in [1.54, 1.807) is 0 Å². The number of aliphatic hydroxyl groups is 1. The molecule has 0 saturated carbocycles. The maximum absolute atomic E-state index is 11.2. The van der Waals surface area contributed by atoms with Gasteiger partial charge in [0.1, 0.15) is 5.75 Å². The van der Waals surface area contributed by atoms with Gasteiger partial charge in [-0.3, -0.25) is 4.79 Å². The molecule has 0 saturated heterocycles. The Hall–Kier alpha value is -1.55. The van der Waals surface area contributed by atoms with Crippen LogP contribution in [0.25, 0.3) is 0 Å². The van der Waals surface area contributed by atoms with E-state index in [9.17, 15) is 15.0 Å². The second-order valence-electron chi connectivity index (χ2n) is 6.07. The lowest BCUT2D eigenvalue weighted by atomic mass is 9.74. The van der Waals surface area contributed by atoms with Crippen molar-refractivity contribution in [2.24, 2.45) is 5.41 Å². The zero-order valence-corrected chi connectivity index (χ0v) is 12.9. The zero-order valence-electron chi connectivity index (χ0n) is 12.9. The normalized spacial score (nSPS) is 14.7. The number of carboxylic acids is 1. The van der Waals surface area contributed by atoms with Gasteiger partial charge in [-0.05, 0) is 51.8 Å². The molecule has 1 aromatic rings. The molecule has 2 N–H and O–H groups in total. The first-order valence-corrected chi connectivity index (χ1v) is 6.74. The van der Waals surface area contributed by atoms with E-state index in [0.29, 0.717) is 0 Å². The lowest BCUT2D eigenvalue weighted by molar-refractivity contribution is -0.163. The molecule has 0 radical (unpaired) electrons. The standard InChI is InChI=1S/C16H24O4/c1-11-6-7-12(2)13(10-11)20-9-8-16(5,19)15(3,4)14(17)18/h6-7,10,19H,8-9H2,1-5H3,(H,17,18). The van der Waals surface area contributed by atoms with E-state index in [1.165, 1.54) is 20.8 Å². The van der Waals surface area contributed by atoms with E-state index < -0.39 is 17.0 Å². The number of hydrogen-bond acceptors (Lipinski definition) is 3. The van der Waals surface area contributed by atoms with E-state index in [4.69, 9.17) is 4.74 Å². The van der Waals surface area contributed by atoms with Gasteiger partial charge in [-0.1, -0.05) is 12.1 Å². The van der Waals surface area contributed by atoms with Gasteiger partial charge in [-0.15, -0.1) is 0 Å². The second kappa shape index (κ2) is 5.83. The largest absolute Gasteiger partial charge is 0.493 e. The summed E-state index contributed by atoms with van der Waals surface area (Å²) in [6, 6.07) is 5.92. The summed E-state index contributed by atoms with van der Waals surface area (Å²) in [5.41, 5.74) is -0.440. The van der Waals surface area contributed by atoms with Crippen LogP contribution in [0, 0.1) is 19.3 Å². The van der Waals surface area contributed by atoms with Crippen LogP contribution in [-0.4, -0.2) is 28.4 Å². The molecular weight excluding hydrogens is 256 g/mol. The lowest BCUT2D eigenvalue weighted by Gasteiger charge is -2.36. The fraction of sp³-hybridized carbons (Fsp3) is 0.562. The molecule has 0 fully saturated rings. The Morgan fingerprint density at radius 2 is 1.85 bits per heavy atom. The molecule has 1 rings (SSSR count). The molecule has 0 bridgehead atoms. The number of aryl methyl sites for hydroxylation is 2. The van der Waals surface area contributed by atoms with E-state index in [2.05, 4.69) is 0 Å². The third kappa shape index (κ3) is 3.51. The monoisotopic (exact) mass is 280 g/mol. The molecule has 0 amide bonds. The molecule has 1 unspecified atom stereocenters. The Kier molecular flexibility index (Phi) is 4.81. The number of aliphatic carboxylic acids is 1. The second-order valence-corrected chi connectivity index (χ2v) is 6.07. The summed E-state index contributed by atoms with van der Waals surface area (Å²) in [4.78, 5) is 11.2. The van der Waals surface area contributed by atoms with Crippen molar-refractivity contribution >= 4 is 5.97 Å². The minimum absolute atomic E-state index is 0.250. The van der Waals surface area contributed by atoms with Gasteiger partial charge in [0.2, 0.25) is 0 Å². The number of ether oxygens (including phenoxy) is 1. The number of benzene rings is 1. The van der Waals surface area contributed by atoms with Crippen molar-refractivity contribution in [1.82, 2.24) is 0 Å². The van der Waals surface area contributed by atoms with Crippen LogP contribution in [0.1, 0.15) is 38.3 Å². The number of carboxylic acid groups (broad SMARTS) is 1. The molecule has 0 spiro atoms. The first-order valence-electron chi connectivity index (χ1n) is 6.74. The summed E-state index contributed by atoms with van der Waals surface area (Å²) in [5, 5.41) is 19.5. The van der Waals surface area contributed by atoms with Gasteiger partial charge in [0.25, 0.3) is 0 Å². The SMILES string of the molecule is Cc1ccc(C)c(OCCC(C)(O)C(C)(C)C(=O)O)c1. The molecule has 0 aliphatic carbocycles. The van der Waals surface area contributed by atoms with E-state index >= 15 is 0 Å². The first kappa shape index (κ1) is 16.5. The molecule has 1 atom stereocenters. The van der Waals surface area contributed by atoms with Crippen molar-refractivity contribution in [2.45, 2.75) is 46.6 Å². The van der Waals surface area contributed by atoms with E-state index in [0.717, 1.165) is 16.9 Å². The van der Waals surface area contributed by atoms with Crippen molar-refractivity contribution in [2.75, 3.05) is 6.61 Å². The van der Waals surface area contributed by atoms with Crippen LogP contribution in [-0.2, 0) is 4.79 Å². The van der Waals surface area contributed by atoms with Gasteiger partial charge in [0.05, 0.1) is 17.6 Å². The highest BCUT2D eigenvalue weighted by Gasteiger charge is 2.45. The number of rotatable bonds is 6. The molecule has 20 heavy (non-hydrogen) atoms. The first-order chi connectivity index (χ1) is 9.08. The van der Waals surface area contributed by atoms with Gasteiger partial charge in [-0.25, -0.2) is 0 Å². The fourth-order valence-corrected chi connectivity index (χ4v) is 1.77. The van der Waals surface area contributed by atoms with Crippen molar-refractivity contribution < 1.29 is 19.7 Å². The minimum atomic E-state index is -1.34. The van der Waals surface area contributed by atoms with E-state index in [-0.39, 0.29) is 13.0 Å². The van der Waals surface area contributed by atoms with Crippen LogP contribution in [0.15, 0.2) is 18.2 Å². The predicted octanol–water partition coefficient (Wildman–Crippen LogP) is 2.93. The van der Waals surface area contributed by atoms with Crippen LogP contribution < -0.4 is 4.74 Å². The number of hydrogen-bond donors (Lipinski definition) is 2. The topological polar surface area (TPSA) is 66.8 Å². The lowest BCUT2D eigenvalue weighted by Crippen LogP contribution is -2.48. The van der Waals surface area contributed by atoms with Gasteiger partial charge >= 0.3 is 5.97 Å². The molecule has 4 nitrogen and oxygen atoms in total. The molecule has 0 aromatic heterocycles. The Balaban J connectivity index is 2.68. The third-order valence-electron chi connectivity index (χ3n) is 4.07. The summed E-state index contributed by atoms with van der Waals surface area (Å²) >= 11 is 0. The molecule has 1 aromatic carbocycles. The van der Waals surface area contributed by atoms with Gasteiger partial charge < -0.3 is 14.9 Å². The number of carbonyl (C=O) groups is 1. The van der Waals surface area contributed by atoms with Crippen LogP contribution in [0.2, 0.25) is 0 Å². The maximum atomic E-state index is 11.2. The molecule has 0 heterocycles. The van der Waals surface area contributed by atoms with Crippen molar-refractivity contribution in [3.8, 4) is 5.75 Å². The predicted molar refractivity (Wildman–Crippen MR) is 78.1 cm³/mol. The summed E-state index contributed by atoms with van der Waals surface area (Å²) in [5.74, 6) is -0.247. The van der Waals surface area contributed by atoms with Crippen LogP contribution in [0.5, 0.6) is 5.75 Å². The zero-order chi connectivity index (χ0) is 15.6.